The van der Waals surface area contributed by atoms with Crippen molar-refractivity contribution in [1.29, 1.82) is 0 Å². The fourth-order valence-corrected chi connectivity index (χ4v) is 2.32. The molecule has 0 atom stereocenters. The number of rotatable bonds is 5. The number of hydrogen-bond donors (Lipinski definition) is 2. The fourth-order valence-electron chi connectivity index (χ4n) is 2.32. The molecule has 1 saturated carbocycles. The van der Waals surface area contributed by atoms with Crippen LogP contribution in [0.5, 0.6) is 5.75 Å². The van der Waals surface area contributed by atoms with Crippen molar-refractivity contribution in [2.24, 2.45) is 5.10 Å². The maximum atomic E-state index is 11.8. The number of carbonyl (C=O) groups is 1. The van der Waals surface area contributed by atoms with Crippen LogP contribution in [0, 0.1) is 0 Å². The van der Waals surface area contributed by atoms with Crippen molar-refractivity contribution >= 4 is 17.3 Å². The van der Waals surface area contributed by atoms with Crippen LogP contribution < -0.4 is 15.5 Å². The van der Waals surface area contributed by atoms with E-state index in [-0.39, 0.29) is 12.5 Å². The minimum Gasteiger partial charge on any atom is -0.497 e. The molecule has 5 nitrogen and oxygen atoms in total. The van der Waals surface area contributed by atoms with Crippen LogP contribution >= 0.6 is 0 Å². The predicted octanol–water partition coefficient (Wildman–Crippen LogP) is 2.93. The molecule has 1 aromatic carbocycles. The first-order valence-electron chi connectivity index (χ1n) is 7.50. The Morgan fingerprint density at radius 3 is 2.43 bits per heavy atom. The number of carbonyl (C=O) groups excluding carboxylic acids is 1. The Kier molecular flexibility index (Phi) is 6.06. The summed E-state index contributed by atoms with van der Waals surface area (Å²) in [4.78, 5) is 11.8. The lowest BCUT2D eigenvalue weighted by atomic mass is 10.2. The molecule has 1 aliphatic rings. The lowest BCUT2D eigenvalue weighted by Crippen LogP contribution is -2.26. The molecule has 1 aliphatic carbocycles. The molecule has 2 N–H and O–H groups in total. The van der Waals surface area contributed by atoms with E-state index in [4.69, 9.17) is 4.74 Å². The van der Waals surface area contributed by atoms with Gasteiger partial charge in [-0.15, -0.1) is 0 Å². The van der Waals surface area contributed by atoms with E-state index in [1.54, 1.807) is 7.11 Å². The molecule has 0 bridgehead atoms. The Morgan fingerprint density at radius 1 is 1.14 bits per heavy atom. The van der Waals surface area contributed by atoms with Crippen molar-refractivity contribution in [3.05, 3.63) is 24.3 Å². The molecule has 1 fully saturated rings. The van der Waals surface area contributed by atoms with Gasteiger partial charge in [0.05, 0.1) is 13.7 Å². The molecule has 5 heteroatoms. The Hall–Kier alpha value is -2.04. The highest BCUT2D eigenvalue weighted by molar-refractivity contribution is 5.87. The number of nitrogens with zero attached hydrogens (tertiary/aromatic N) is 1. The summed E-state index contributed by atoms with van der Waals surface area (Å²) in [6.07, 6.45) is 6.91. The minimum atomic E-state index is -0.123. The number of ether oxygens (including phenoxy) is 1. The first kappa shape index (κ1) is 15.4. The molecule has 1 amide bonds. The maximum absolute atomic E-state index is 11.8. The van der Waals surface area contributed by atoms with Gasteiger partial charge in [0.1, 0.15) is 5.75 Å². The van der Waals surface area contributed by atoms with Gasteiger partial charge in [0, 0.05) is 11.4 Å². The minimum absolute atomic E-state index is 0.123. The summed E-state index contributed by atoms with van der Waals surface area (Å²) >= 11 is 0. The molecule has 1 aromatic rings. The third-order valence-electron chi connectivity index (χ3n) is 3.56. The lowest BCUT2D eigenvalue weighted by molar-refractivity contribution is -0.119. The number of benzene rings is 1. The van der Waals surface area contributed by atoms with Crippen LogP contribution in [0.25, 0.3) is 0 Å². The van der Waals surface area contributed by atoms with Gasteiger partial charge in [-0.25, -0.2) is 5.43 Å². The molecule has 2 rings (SSSR count). The molecule has 114 valence electrons. The number of hydrazone groups is 1. The van der Waals surface area contributed by atoms with Crippen LogP contribution in [-0.2, 0) is 4.79 Å². The molecule has 0 unspecified atom stereocenters. The Morgan fingerprint density at radius 2 is 1.81 bits per heavy atom. The number of amides is 1. The van der Waals surface area contributed by atoms with Crippen molar-refractivity contribution < 1.29 is 9.53 Å². The largest absolute Gasteiger partial charge is 0.497 e. The summed E-state index contributed by atoms with van der Waals surface area (Å²) in [6, 6.07) is 7.46. The third kappa shape index (κ3) is 5.45. The Labute approximate surface area is 125 Å². The van der Waals surface area contributed by atoms with E-state index in [9.17, 15) is 4.79 Å². The highest BCUT2D eigenvalue weighted by Gasteiger charge is 2.06. The number of methoxy groups -OCH3 is 1. The van der Waals surface area contributed by atoms with Gasteiger partial charge in [-0.05, 0) is 49.9 Å². The quantitative estimate of drug-likeness (QED) is 0.647. The zero-order valence-corrected chi connectivity index (χ0v) is 12.5. The van der Waals surface area contributed by atoms with E-state index in [1.807, 2.05) is 24.3 Å². The molecular weight excluding hydrogens is 266 g/mol. The normalized spacial score (nSPS) is 15.0. The van der Waals surface area contributed by atoms with E-state index in [0.29, 0.717) is 0 Å². The summed E-state index contributed by atoms with van der Waals surface area (Å²) in [7, 11) is 1.63. The van der Waals surface area contributed by atoms with Crippen molar-refractivity contribution in [3.63, 3.8) is 0 Å². The van der Waals surface area contributed by atoms with Crippen LogP contribution in [0.1, 0.15) is 38.5 Å². The summed E-state index contributed by atoms with van der Waals surface area (Å²) < 4.78 is 5.09. The molecule has 0 saturated heterocycles. The number of hydrogen-bond acceptors (Lipinski definition) is 4. The molecule has 0 aliphatic heterocycles. The van der Waals surface area contributed by atoms with Gasteiger partial charge in [-0.3, -0.25) is 4.79 Å². The first-order valence-corrected chi connectivity index (χ1v) is 7.50. The topological polar surface area (TPSA) is 62.7 Å². The maximum Gasteiger partial charge on any atom is 0.259 e. The van der Waals surface area contributed by atoms with Crippen LogP contribution in [0.3, 0.4) is 0 Å². The molecule has 0 heterocycles. The fraction of sp³-hybridized carbons (Fsp3) is 0.500. The average Bonchev–Trinajstić information content (AvgIpc) is 2.80. The van der Waals surface area contributed by atoms with Crippen LogP contribution in [0.2, 0.25) is 0 Å². The monoisotopic (exact) mass is 289 g/mol. The number of anilines is 1. The number of nitrogens with one attached hydrogen (secondary N) is 2. The predicted molar refractivity (Wildman–Crippen MR) is 84.8 cm³/mol. The zero-order chi connectivity index (χ0) is 14.9. The zero-order valence-electron chi connectivity index (χ0n) is 12.5. The molecule has 0 radical (unpaired) electrons. The van der Waals surface area contributed by atoms with Crippen molar-refractivity contribution in [3.8, 4) is 5.75 Å². The van der Waals surface area contributed by atoms with E-state index in [0.717, 1.165) is 30.0 Å². The Bertz CT molecular complexity index is 473. The van der Waals surface area contributed by atoms with E-state index in [1.165, 1.54) is 25.7 Å². The van der Waals surface area contributed by atoms with E-state index >= 15 is 0 Å². The molecule has 0 spiro atoms. The smallest absolute Gasteiger partial charge is 0.259 e. The average molecular weight is 289 g/mol. The van der Waals surface area contributed by atoms with Crippen LogP contribution in [0.4, 0.5) is 5.69 Å². The SMILES string of the molecule is COc1ccc(NCC(=O)NN=C2CCCCCC2)cc1. The summed E-state index contributed by atoms with van der Waals surface area (Å²) in [5.74, 6) is 0.673. The van der Waals surface area contributed by atoms with E-state index in [2.05, 4.69) is 15.8 Å². The highest BCUT2D eigenvalue weighted by Crippen LogP contribution is 2.15. The molecule has 0 aromatic heterocycles. The second-order valence-corrected chi connectivity index (χ2v) is 5.21. The van der Waals surface area contributed by atoms with Gasteiger partial charge in [-0.1, -0.05) is 12.8 Å². The summed E-state index contributed by atoms with van der Waals surface area (Å²) in [6.45, 7) is 0.211. The lowest BCUT2D eigenvalue weighted by Gasteiger charge is -2.07. The van der Waals surface area contributed by atoms with Crippen LogP contribution in [-0.4, -0.2) is 25.3 Å². The standard InChI is InChI=1S/C16H23N3O2/c1-21-15-10-8-13(9-11-15)17-12-16(20)19-18-14-6-4-2-3-5-7-14/h8-11,17H,2-7,12H2,1H3,(H,19,20). The third-order valence-corrected chi connectivity index (χ3v) is 3.56. The summed E-state index contributed by atoms with van der Waals surface area (Å²) in [5.41, 5.74) is 4.63. The van der Waals surface area contributed by atoms with Gasteiger partial charge in [0.2, 0.25) is 0 Å². The summed E-state index contributed by atoms with van der Waals surface area (Å²) in [5, 5.41) is 7.30. The van der Waals surface area contributed by atoms with E-state index < -0.39 is 0 Å². The van der Waals surface area contributed by atoms with Gasteiger partial charge in [0.15, 0.2) is 0 Å². The van der Waals surface area contributed by atoms with Crippen LogP contribution in [0.15, 0.2) is 29.4 Å². The second kappa shape index (κ2) is 8.29. The second-order valence-electron chi connectivity index (χ2n) is 5.21. The van der Waals surface area contributed by atoms with Crippen molar-refractivity contribution in [2.45, 2.75) is 38.5 Å². The molecular formula is C16H23N3O2. The first-order chi connectivity index (χ1) is 10.3. The highest BCUT2D eigenvalue weighted by atomic mass is 16.5. The van der Waals surface area contributed by atoms with Gasteiger partial charge < -0.3 is 10.1 Å². The van der Waals surface area contributed by atoms with Crippen molar-refractivity contribution in [2.75, 3.05) is 19.0 Å². The van der Waals surface area contributed by atoms with Gasteiger partial charge >= 0.3 is 0 Å². The van der Waals surface area contributed by atoms with Crippen molar-refractivity contribution in [1.82, 2.24) is 5.43 Å². The van der Waals surface area contributed by atoms with Gasteiger partial charge in [-0.2, -0.15) is 5.10 Å². The Balaban J connectivity index is 1.74. The van der Waals surface area contributed by atoms with Gasteiger partial charge in [0.25, 0.3) is 5.91 Å². The molecule has 21 heavy (non-hydrogen) atoms.